The molecule has 2 aromatic heterocycles. The lowest BCUT2D eigenvalue weighted by Crippen LogP contribution is -2.52. The maximum Gasteiger partial charge on any atom is 0.255 e. The van der Waals surface area contributed by atoms with Crippen molar-refractivity contribution < 1.29 is 4.79 Å². The van der Waals surface area contributed by atoms with Gasteiger partial charge in [0.15, 0.2) is 0 Å². The molecule has 2 saturated heterocycles. The predicted molar refractivity (Wildman–Crippen MR) is 124 cm³/mol. The summed E-state index contributed by atoms with van der Waals surface area (Å²) in [5.41, 5.74) is 3.58. The Kier molecular flexibility index (Phi) is 7.36. The first-order chi connectivity index (χ1) is 13.8. The molecule has 1 N–H and O–H groups in total. The Morgan fingerprint density at radius 3 is 2.43 bits per heavy atom. The summed E-state index contributed by atoms with van der Waals surface area (Å²) in [5.74, 6) is 0.112. The van der Waals surface area contributed by atoms with E-state index in [-0.39, 0.29) is 30.7 Å². The van der Waals surface area contributed by atoms with Gasteiger partial charge in [-0.2, -0.15) is 0 Å². The monoisotopic (exact) mass is 447 g/mol. The van der Waals surface area contributed by atoms with E-state index in [9.17, 15) is 4.79 Å². The number of imidazole rings is 1. The number of fused-ring (bicyclic) bond motifs is 1. The van der Waals surface area contributed by atoms with Gasteiger partial charge in [-0.3, -0.25) is 9.69 Å². The smallest absolute Gasteiger partial charge is 0.255 e. The molecule has 30 heavy (non-hydrogen) atoms. The van der Waals surface area contributed by atoms with Crippen LogP contribution >= 0.6 is 24.8 Å². The summed E-state index contributed by atoms with van der Waals surface area (Å²) >= 11 is 0. The molecule has 2 fully saturated rings. The topological polar surface area (TPSA) is 52.9 Å². The molecule has 8 heteroatoms. The molecular weight excluding hydrogens is 421 g/mol. The van der Waals surface area contributed by atoms with Crippen LogP contribution in [0.25, 0.3) is 16.9 Å². The molecule has 3 aromatic rings. The number of rotatable bonds is 3. The maximum absolute atomic E-state index is 13.0. The first kappa shape index (κ1) is 22.6. The summed E-state index contributed by atoms with van der Waals surface area (Å²) < 4.78 is 1.95. The number of carbonyl (C=O) groups is 1. The van der Waals surface area contributed by atoms with E-state index in [1.807, 2.05) is 64.2 Å². The van der Waals surface area contributed by atoms with E-state index in [1.54, 1.807) is 0 Å². The highest BCUT2D eigenvalue weighted by Gasteiger charge is 2.28. The second-order valence-corrected chi connectivity index (χ2v) is 7.65. The van der Waals surface area contributed by atoms with Crippen molar-refractivity contribution in [2.24, 2.45) is 0 Å². The van der Waals surface area contributed by atoms with Gasteiger partial charge in [-0.25, -0.2) is 4.98 Å². The van der Waals surface area contributed by atoms with Crippen molar-refractivity contribution in [3.63, 3.8) is 0 Å². The van der Waals surface area contributed by atoms with Gasteiger partial charge < -0.3 is 14.6 Å². The Hall–Kier alpha value is -2.12. The molecule has 2 aliphatic rings. The number of piperazine rings is 1. The first-order valence-corrected chi connectivity index (χ1v) is 10.1. The number of halogens is 2. The third-order valence-electron chi connectivity index (χ3n) is 5.92. The second-order valence-electron chi connectivity index (χ2n) is 7.65. The normalized spacial score (nSPS) is 19.3. The highest BCUT2D eigenvalue weighted by atomic mass is 35.5. The standard InChI is InChI=1S/C22H25N5O.2ClH/c28-22(26-12-10-25(11-13-26)19-8-9-23-14-19)18-6-7-21-24-20(16-27(21)15-18)17-4-2-1-3-5-17;;/h1-7,15-16,19,23H,8-14H2;2*1H. The molecule has 0 aliphatic carbocycles. The van der Waals surface area contributed by atoms with Crippen molar-refractivity contribution in [3.8, 4) is 11.3 Å². The molecule has 4 heterocycles. The molecule has 0 bridgehead atoms. The maximum atomic E-state index is 13.0. The van der Waals surface area contributed by atoms with Gasteiger partial charge in [0.05, 0.1) is 11.3 Å². The van der Waals surface area contributed by atoms with Crippen LogP contribution in [0, 0.1) is 0 Å². The van der Waals surface area contributed by atoms with Crippen molar-refractivity contribution in [2.75, 3.05) is 39.3 Å². The average molecular weight is 448 g/mol. The Bertz CT molecular complexity index is 980. The fraction of sp³-hybridized carbons (Fsp3) is 0.364. The van der Waals surface area contributed by atoms with Crippen molar-refractivity contribution in [1.29, 1.82) is 0 Å². The summed E-state index contributed by atoms with van der Waals surface area (Å²) in [6, 6.07) is 14.6. The van der Waals surface area contributed by atoms with E-state index < -0.39 is 0 Å². The molecule has 1 aromatic carbocycles. The lowest BCUT2D eigenvalue weighted by molar-refractivity contribution is 0.0583. The predicted octanol–water partition coefficient (Wildman–Crippen LogP) is 2.96. The zero-order valence-electron chi connectivity index (χ0n) is 16.7. The fourth-order valence-electron chi connectivity index (χ4n) is 4.29. The largest absolute Gasteiger partial charge is 0.336 e. The number of carbonyl (C=O) groups excluding carboxylic acids is 1. The molecule has 6 nitrogen and oxygen atoms in total. The number of pyridine rings is 1. The van der Waals surface area contributed by atoms with Crippen molar-refractivity contribution >= 4 is 36.4 Å². The van der Waals surface area contributed by atoms with Gasteiger partial charge in [0, 0.05) is 56.7 Å². The number of hydrogen-bond donors (Lipinski definition) is 1. The molecule has 160 valence electrons. The fourth-order valence-corrected chi connectivity index (χ4v) is 4.29. The van der Waals surface area contributed by atoms with Gasteiger partial charge in [-0.1, -0.05) is 30.3 Å². The molecule has 1 unspecified atom stereocenters. The van der Waals surface area contributed by atoms with E-state index in [0.717, 1.165) is 61.7 Å². The van der Waals surface area contributed by atoms with Crippen molar-refractivity contribution in [2.45, 2.75) is 12.5 Å². The summed E-state index contributed by atoms with van der Waals surface area (Å²) in [7, 11) is 0. The van der Waals surface area contributed by atoms with E-state index >= 15 is 0 Å². The lowest BCUT2D eigenvalue weighted by atomic mass is 10.1. The van der Waals surface area contributed by atoms with E-state index in [2.05, 4.69) is 15.2 Å². The quantitative estimate of drug-likeness (QED) is 0.670. The number of nitrogens with one attached hydrogen (secondary N) is 1. The number of nitrogens with zero attached hydrogens (tertiary/aromatic N) is 4. The van der Waals surface area contributed by atoms with Crippen LogP contribution in [0.2, 0.25) is 0 Å². The van der Waals surface area contributed by atoms with Crippen LogP contribution in [0.15, 0.2) is 54.9 Å². The number of benzene rings is 1. The molecule has 0 spiro atoms. The van der Waals surface area contributed by atoms with Gasteiger partial charge in [0.1, 0.15) is 5.65 Å². The highest BCUT2D eigenvalue weighted by molar-refractivity contribution is 5.94. The van der Waals surface area contributed by atoms with Crippen LogP contribution in [0.4, 0.5) is 0 Å². The molecule has 2 aliphatic heterocycles. The van der Waals surface area contributed by atoms with Gasteiger partial charge in [0.25, 0.3) is 5.91 Å². The zero-order chi connectivity index (χ0) is 18.9. The van der Waals surface area contributed by atoms with Crippen LogP contribution in [-0.4, -0.2) is 70.4 Å². The SMILES string of the molecule is Cl.Cl.O=C(c1ccc2nc(-c3ccccc3)cn2c1)N1CCN(C2CCNC2)CC1. The molecule has 0 radical (unpaired) electrons. The van der Waals surface area contributed by atoms with E-state index in [1.165, 1.54) is 6.42 Å². The number of hydrogen-bond acceptors (Lipinski definition) is 4. The summed E-state index contributed by atoms with van der Waals surface area (Å²) in [6.45, 7) is 5.71. The molecular formula is C22H27Cl2N5O. The minimum Gasteiger partial charge on any atom is -0.336 e. The lowest BCUT2D eigenvalue weighted by Gasteiger charge is -2.37. The van der Waals surface area contributed by atoms with Gasteiger partial charge >= 0.3 is 0 Å². The van der Waals surface area contributed by atoms with Gasteiger partial charge in [0.2, 0.25) is 0 Å². The summed E-state index contributed by atoms with van der Waals surface area (Å²) in [5, 5.41) is 3.43. The van der Waals surface area contributed by atoms with Crippen LogP contribution in [0.3, 0.4) is 0 Å². The minimum absolute atomic E-state index is 0. The Morgan fingerprint density at radius 1 is 0.967 bits per heavy atom. The van der Waals surface area contributed by atoms with Crippen LogP contribution in [0.1, 0.15) is 16.8 Å². The summed E-state index contributed by atoms with van der Waals surface area (Å²) in [6.07, 6.45) is 5.12. The third-order valence-corrected chi connectivity index (χ3v) is 5.92. The zero-order valence-corrected chi connectivity index (χ0v) is 18.4. The van der Waals surface area contributed by atoms with Crippen molar-refractivity contribution in [1.82, 2.24) is 24.5 Å². The first-order valence-electron chi connectivity index (χ1n) is 10.1. The number of aromatic nitrogens is 2. The van der Waals surface area contributed by atoms with E-state index in [0.29, 0.717) is 6.04 Å². The molecule has 1 atom stereocenters. The van der Waals surface area contributed by atoms with E-state index in [4.69, 9.17) is 0 Å². The second kappa shape index (κ2) is 9.79. The van der Waals surface area contributed by atoms with Crippen LogP contribution < -0.4 is 5.32 Å². The van der Waals surface area contributed by atoms with Gasteiger partial charge in [-0.15, -0.1) is 24.8 Å². The average Bonchev–Trinajstić information content (AvgIpc) is 3.43. The summed E-state index contributed by atoms with van der Waals surface area (Å²) in [4.78, 5) is 22.2. The Labute approximate surface area is 189 Å². The minimum atomic E-state index is 0. The highest BCUT2D eigenvalue weighted by Crippen LogP contribution is 2.20. The number of amides is 1. The van der Waals surface area contributed by atoms with Gasteiger partial charge in [-0.05, 0) is 25.1 Å². The molecule has 5 rings (SSSR count). The molecule has 1 amide bonds. The van der Waals surface area contributed by atoms with Crippen LogP contribution in [-0.2, 0) is 0 Å². The van der Waals surface area contributed by atoms with Crippen molar-refractivity contribution in [3.05, 3.63) is 60.4 Å². The Balaban J connectivity index is 0.00000128. The molecule has 0 saturated carbocycles. The van der Waals surface area contributed by atoms with Crippen LogP contribution in [0.5, 0.6) is 0 Å². The Morgan fingerprint density at radius 2 is 1.73 bits per heavy atom. The third kappa shape index (κ3) is 4.47.